The maximum atomic E-state index is 14.7. The van der Waals surface area contributed by atoms with Crippen molar-refractivity contribution in [2.45, 2.75) is 72.3 Å². The summed E-state index contributed by atoms with van der Waals surface area (Å²) in [7, 11) is -2.80. The molecule has 0 radical (unpaired) electrons. The Morgan fingerprint density at radius 2 is 1.55 bits per heavy atom. The van der Waals surface area contributed by atoms with Gasteiger partial charge in [-0.1, -0.05) is 45.9 Å². The number of alkyl halides is 2. The minimum Gasteiger partial charge on any atom is -0.363 e. The third-order valence-corrected chi connectivity index (χ3v) is 10.3. The molecule has 2 aromatic heterocycles. The van der Waals surface area contributed by atoms with E-state index in [1.807, 2.05) is 40.7 Å². The molecule has 178 valence electrons. The lowest BCUT2D eigenvalue weighted by Crippen LogP contribution is -2.23. The van der Waals surface area contributed by atoms with Crippen LogP contribution in [0.15, 0.2) is 24.3 Å². The molecule has 0 aliphatic heterocycles. The van der Waals surface area contributed by atoms with Gasteiger partial charge in [0.15, 0.2) is 5.65 Å². The number of nitrogens with zero attached hydrogens (tertiary/aromatic N) is 3. The van der Waals surface area contributed by atoms with Crippen LogP contribution in [0.2, 0.25) is 0 Å². The Morgan fingerprint density at radius 3 is 2.12 bits per heavy atom. The molecular formula is C24H30F3N4OP. The molecule has 1 unspecified atom stereocenters. The van der Waals surface area contributed by atoms with E-state index in [9.17, 15) is 17.7 Å². The fourth-order valence-corrected chi connectivity index (χ4v) is 7.40. The number of benzene rings is 1. The molecule has 5 nitrogen and oxygen atoms in total. The van der Waals surface area contributed by atoms with Gasteiger partial charge in [-0.25, -0.2) is 28.1 Å². The van der Waals surface area contributed by atoms with E-state index < -0.39 is 31.0 Å². The summed E-state index contributed by atoms with van der Waals surface area (Å²) in [4.78, 5) is 13.5. The molecule has 0 spiro atoms. The summed E-state index contributed by atoms with van der Waals surface area (Å²) in [6.07, 6.45) is -2.91. The van der Waals surface area contributed by atoms with E-state index in [0.717, 1.165) is 6.07 Å². The number of pyridine rings is 1. The second-order valence-corrected chi connectivity index (χ2v) is 12.9. The predicted octanol–water partition coefficient (Wildman–Crippen LogP) is 6.70. The second-order valence-electron chi connectivity index (χ2n) is 8.90. The maximum Gasteiger partial charge on any atom is 0.266 e. The zero-order valence-electron chi connectivity index (χ0n) is 19.9. The van der Waals surface area contributed by atoms with Gasteiger partial charge in [-0.05, 0) is 26.8 Å². The number of aryl methyl sites for hydroxylation is 2. The van der Waals surface area contributed by atoms with Gasteiger partial charge in [0.2, 0.25) is 0 Å². The SMILES string of the molecule is Cc1nc(NC(C)c2cccc(C(F)F)c2F)c2cc(P(=O)(C(C)C)C(C)C)c(C)nc2n1. The van der Waals surface area contributed by atoms with E-state index in [1.165, 1.54) is 12.1 Å². The second kappa shape index (κ2) is 9.41. The number of hydrogen-bond acceptors (Lipinski definition) is 5. The van der Waals surface area contributed by atoms with Crippen molar-refractivity contribution in [2.24, 2.45) is 0 Å². The van der Waals surface area contributed by atoms with E-state index in [4.69, 9.17) is 0 Å². The van der Waals surface area contributed by atoms with Crippen LogP contribution in [-0.2, 0) is 4.57 Å². The largest absolute Gasteiger partial charge is 0.363 e. The molecule has 0 aliphatic carbocycles. The van der Waals surface area contributed by atoms with Crippen molar-refractivity contribution in [3.05, 3.63) is 52.7 Å². The van der Waals surface area contributed by atoms with Gasteiger partial charge in [-0.15, -0.1) is 0 Å². The van der Waals surface area contributed by atoms with Gasteiger partial charge in [0.05, 0.1) is 22.7 Å². The highest BCUT2D eigenvalue weighted by Gasteiger charge is 2.35. The predicted molar refractivity (Wildman–Crippen MR) is 128 cm³/mol. The molecule has 1 aromatic carbocycles. The van der Waals surface area contributed by atoms with Crippen LogP contribution < -0.4 is 10.6 Å². The number of hydrogen-bond donors (Lipinski definition) is 1. The zero-order valence-corrected chi connectivity index (χ0v) is 20.8. The topological polar surface area (TPSA) is 67.8 Å². The third kappa shape index (κ3) is 4.63. The van der Waals surface area contributed by atoms with Gasteiger partial charge in [-0.3, -0.25) is 0 Å². The molecule has 2 heterocycles. The van der Waals surface area contributed by atoms with Crippen LogP contribution in [0.25, 0.3) is 11.0 Å². The molecular weight excluding hydrogens is 448 g/mol. The molecule has 0 aliphatic rings. The maximum absolute atomic E-state index is 14.7. The van der Waals surface area contributed by atoms with Gasteiger partial charge in [0, 0.05) is 22.2 Å². The third-order valence-electron chi connectivity index (χ3n) is 5.99. The lowest BCUT2D eigenvalue weighted by molar-refractivity contribution is 0.146. The normalized spacial score (nSPS) is 13.4. The van der Waals surface area contributed by atoms with E-state index in [0.29, 0.717) is 33.7 Å². The summed E-state index contributed by atoms with van der Waals surface area (Å²) >= 11 is 0. The first-order valence-corrected chi connectivity index (χ1v) is 12.8. The fourth-order valence-electron chi connectivity index (χ4n) is 4.21. The highest BCUT2D eigenvalue weighted by Crippen LogP contribution is 2.54. The van der Waals surface area contributed by atoms with Crippen molar-refractivity contribution in [1.29, 1.82) is 0 Å². The minimum absolute atomic E-state index is 0.0802. The highest BCUT2D eigenvalue weighted by atomic mass is 31.2. The monoisotopic (exact) mass is 478 g/mol. The molecule has 0 bridgehead atoms. The quantitative estimate of drug-likeness (QED) is 0.383. The standard InChI is InChI=1S/C24H30F3N4OP/c1-12(2)33(32,13(3)4)20-11-19-23(30-16(7)31-24(19)29-15(20)6)28-14(5)17-9-8-10-18(21(17)25)22(26)27/h8-14,22H,1-7H3,(H,28,29,30,31). The van der Waals surface area contributed by atoms with Crippen LogP contribution in [0, 0.1) is 19.7 Å². The summed E-state index contributed by atoms with van der Waals surface area (Å²) in [6.45, 7) is 13.0. The van der Waals surface area contributed by atoms with Gasteiger partial charge in [0.1, 0.15) is 24.6 Å². The molecule has 1 N–H and O–H groups in total. The molecule has 0 amide bonds. The van der Waals surface area contributed by atoms with Gasteiger partial charge in [-0.2, -0.15) is 0 Å². The Labute approximate surface area is 192 Å². The summed E-state index contributed by atoms with van der Waals surface area (Å²) in [5, 5.41) is 4.37. The van der Waals surface area contributed by atoms with Crippen molar-refractivity contribution in [2.75, 3.05) is 5.32 Å². The number of anilines is 1. The van der Waals surface area contributed by atoms with E-state index in [2.05, 4.69) is 20.3 Å². The summed E-state index contributed by atoms with van der Waals surface area (Å²) < 4.78 is 55.1. The van der Waals surface area contributed by atoms with Crippen LogP contribution in [0.5, 0.6) is 0 Å². The van der Waals surface area contributed by atoms with Crippen LogP contribution in [0.3, 0.4) is 0 Å². The van der Waals surface area contributed by atoms with Crippen molar-refractivity contribution in [3.63, 3.8) is 0 Å². The first-order chi connectivity index (χ1) is 15.4. The van der Waals surface area contributed by atoms with Crippen LogP contribution >= 0.6 is 7.14 Å². The average Bonchev–Trinajstić information content (AvgIpc) is 2.72. The smallest absolute Gasteiger partial charge is 0.266 e. The molecule has 3 rings (SSSR count). The van der Waals surface area contributed by atoms with Crippen LogP contribution in [0.1, 0.15) is 69.7 Å². The molecule has 3 aromatic rings. The van der Waals surface area contributed by atoms with Crippen molar-refractivity contribution >= 4 is 29.3 Å². The van der Waals surface area contributed by atoms with E-state index >= 15 is 0 Å². The Balaban J connectivity index is 2.16. The molecule has 0 saturated heterocycles. The van der Waals surface area contributed by atoms with Crippen molar-refractivity contribution in [3.8, 4) is 0 Å². The minimum atomic E-state index is -2.91. The van der Waals surface area contributed by atoms with Gasteiger partial charge < -0.3 is 9.88 Å². The van der Waals surface area contributed by atoms with Gasteiger partial charge in [0.25, 0.3) is 6.43 Å². The van der Waals surface area contributed by atoms with E-state index in [-0.39, 0.29) is 16.9 Å². The van der Waals surface area contributed by atoms with Crippen molar-refractivity contribution in [1.82, 2.24) is 15.0 Å². The molecule has 33 heavy (non-hydrogen) atoms. The summed E-state index contributed by atoms with van der Waals surface area (Å²) in [5.74, 6) is -0.101. The Bertz CT molecular complexity index is 1220. The van der Waals surface area contributed by atoms with Crippen LogP contribution in [0.4, 0.5) is 19.0 Å². The molecule has 1 atom stereocenters. The number of halogens is 3. The van der Waals surface area contributed by atoms with Crippen molar-refractivity contribution < 1.29 is 17.7 Å². The number of nitrogens with one attached hydrogen (secondary N) is 1. The fraction of sp³-hybridized carbons (Fsp3) is 0.458. The Morgan fingerprint density at radius 1 is 0.939 bits per heavy atom. The van der Waals surface area contributed by atoms with E-state index in [1.54, 1.807) is 13.8 Å². The molecule has 0 fully saturated rings. The number of rotatable bonds is 7. The summed E-state index contributed by atoms with van der Waals surface area (Å²) in [5.41, 5.74) is 0.388. The lowest BCUT2D eigenvalue weighted by atomic mass is 10.0. The van der Waals surface area contributed by atoms with Crippen LogP contribution in [-0.4, -0.2) is 26.3 Å². The Hall–Kier alpha value is -2.47. The number of aromatic nitrogens is 3. The number of fused-ring (bicyclic) bond motifs is 1. The Kier molecular flexibility index (Phi) is 7.18. The first-order valence-electron chi connectivity index (χ1n) is 11.0. The van der Waals surface area contributed by atoms with Gasteiger partial charge >= 0.3 is 0 Å². The molecule has 9 heteroatoms. The highest BCUT2D eigenvalue weighted by molar-refractivity contribution is 7.72. The summed E-state index contributed by atoms with van der Waals surface area (Å²) in [6, 6.07) is 5.11. The lowest BCUT2D eigenvalue weighted by Gasteiger charge is -2.28. The zero-order chi connectivity index (χ0) is 24.7. The first kappa shape index (κ1) is 25.2. The molecule has 0 saturated carbocycles. The average molecular weight is 478 g/mol.